The molecule has 0 unspecified atom stereocenters. The number of rotatable bonds is 3. The van der Waals surface area contributed by atoms with Gasteiger partial charge >= 0.3 is 0 Å². The van der Waals surface area contributed by atoms with Crippen LogP contribution in [0.1, 0.15) is 36.6 Å². The smallest absolute Gasteiger partial charge is 0.282 e. The maximum atomic E-state index is 13.2. The average Bonchev–Trinajstić information content (AvgIpc) is 3.01. The van der Waals surface area contributed by atoms with Crippen molar-refractivity contribution >= 4 is 16.1 Å². The number of carbonyl (C=O) groups is 1. The summed E-state index contributed by atoms with van der Waals surface area (Å²) < 4.78 is 34.7. The molecular formula is C18H26N4O4S. The van der Waals surface area contributed by atoms with Gasteiger partial charge in [-0.05, 0) is 31.9 Å². The number of hydrogen-bond acceptors (Lipinski definition) is 5. The number of amides is 1. The van der Waals surface area contributed by atoms with Crippen LogP contribution in [-0.4, -0.2) is 72.9 Å². The molecule has 3 fully saturated rings. The van der Waals surface area contributed by atoms with Gasteiger partial charge in [-0.25, -0.2) is 0 Å². The fraction of sp³-hybridized carbons (Fsp3) is 0.667. The molecule has 1 spiro atoms. The zero-order chi connectivity index (χ0) is 19.1. The van der Waals surface area contributed by atoms with Gasteiger partial charge in [-0.2, -0.15) is 17.0 Å². The summed E-state index contributed by atoms with van der Waals surface area (Å²) in [6, 6.07) is 5.80. The number of pyridine rings is 1. The number of hydrogen-bond donors (Lipinski definition) is 1. The topological polar surface area (TPSA) is 91.8 Å². The minimum Gasteiger partial charge on any atom is -0.379 e. The van der Waals surface area contributed by atoms with Crippen molar-refractivity contribution in [1.29, 1.82) is 0 Å². The molecule has 1 N–H and O–H groups in total. The van der Waals surface area contributed by atoms with Crippen LogP contribution in [0.4, 0.5) is 0 Å². The van der Waals surface area contributed by atoms with Crippen LogP contribution in [-0.2, 0) is 19.7 Å². The number of ether oxygens (including phenoxy) is 1. The summed E-state index contributed by atoms with van der Waals surface area (Å²) in [5, 5.41) is 3.14. The van der Waals surface area contributed by atoms with Crippen LogP contribution in [0.5, 0.6) is 0 Å². The Morgan fingerprint density at radius 2 is 2.04 bits per heavy atom. The van der Waals surface area contributed by atoms with Crippen molar-refractivity contribution < 1.29 is 17.9 Å². The van der Waals surface area contributed by atoms with Crippen molar-refractivity contribution in [2.45, 2.75) is 37.6 Å². The fourth-order valence-electron chi connectivity index (χ4n) is 4.47. The first-order valence-electron chi connectivity index (χ1n) is 9.48. The predicted molar refractivity (Wildman–Crippen MR) is 99.3 cm³/mol. The van der Waals surface area contributed by atoms with Gasteiger partial charge in [0.1, 0.15) is 0 Å². The summed E-state index contributed by atoms with van der Waals surface area (Å²) in [5.41, 5.74) is 1.14. The Morgan fingerprint density at radius 3 is 2.74 bits per heavy atom. The third-order valence-corrected chi connectivity index (χ3v) is 7.76. The van der Waals surface area contributed by atoms with E-state index in [1.165, 1.54) is 8.61 Å². The molecule has 8 nitrogen and oxygen atoms in total. The van der Waals surface area contributed by atoms with Crippen molar-refractivity contribution in [2.75, 3.05) is 39.4 Å². The van der Waals surface area contributed by atoms with Gasteiger partial charge < -0.3 is 10.1 Å². The van der Waals surface area contributed by atoms with Gasteiger partial charge in [0, 0.05) is 49.9 Å². The van der Waals surface area contributed by atoms with Gasteiger partial charge in [-0.1, -0.05) is 6.07 Å². The third-order valence-electron chi connectivity index (χ3n) is 5.82. The minimum absolute atomic E-state index is 0.00970. The maximum Gasteiger partial charge on any atom is 0.282 e. The quantitative estimate of drug-likeness (QED) is 0.802. The van der Waals surface area contributed by atoms with Crippen molar-refractivity contribution in [3.8, 4) is 0 Å². The highest BCUT2D eigenvalue weighted by atomic mass is 32.2. The van der Waals surface area contributed by atoms with Crippen LogP contribution in [0, 0.1) is 6.92 Å². The van der Waals surface area contributed by atoms with Crippen molar-refractivity contribution in [1.82, 2.24) is 18.9 Å². The second kappa shape index (κ2) is 7.12. The van der Waals surface area contributed by atoms with E-state index >= 15 is 0 Å². The summed E-state index contributed by atoms with van der Waals surface area (Å²) in [6.45, 7) is 4.11. The van der Waals surface area contributed by atoms with Crippen LogP contribution in [0.25, 0.3) is 0 Å². The van der Waals surface area contributed by atoms with Crippen molar-refractivity contribution in [3.63, 3.8) is 0 Å². The number of aryl methyl sites for hydroxylation is 1. The Kier molecular flexibility index (Phi) is 4.96. The first-order chi connectivity index (χ1) is 12.9. The molecule has 4 rings (SSSR count). The first kappa shape index (κ1) is 18.8. The normalized spacial score (nSPS) is 30.6. The number of aromatic nitrogens is 1. The van der Waals surface area contributed by atoms with Crippen LogP contribution in [0.15, 0.2) is 18.2 Å². The van der Waals surface area contributed by atoms with E-state index < -0.39 is 15.7 Å². The van der Waals surface area contributed by atoms with E-state index in [4.69, 9.17) is 4.74 Å². The van der Waals surface area contributed by atoms with E-state index in [1.54, 1.807) is 0 Å². The van der Waals surface area contributed by atoms with Gasteiger partial charge in [0.05, 0.1) is 18.8 Å². The number of nitrogens with zero attached hydrogens (tertiary/aromatic N) is 3. The summed E-state index contributed by atoms with van der Waals surface area (Å²) in [7, 11) is -3.60. The summed E-state index contributed by atoms with van der Waals surface area (Å²) in [6.07, 6.45) is 2.01. The lowest BCUT2D eigenvalue weighted by Crippen LogP contribution is -2.57. The molecule has 0 radical (unpaired) electrons. The lowest BCUT2D eigenvalue weighted by Gasteiger charge is -2.39. The molecule has 2 atom stereocenters. The molecule has 148 valence electrons. The van der Waals surface area contributed by atoms with E-state index in [-0.39, 0.29) is 11.8 Å². The van der Waals surface area contributed by atoms with E-state index in [0.29, 0.717) is 45.8 Å². The Hall–Kier alpha value is -1.55. The summed E-state index contributed by atoms with van der Waals surface area (Å²) >= 11 is 0. The lowest BCUT2D eigenvalue weighted by atomic mass is 9.78. The molecule has 27 heavy (non-hydrogen) atoms. The SMILES string of the molecule is Cc1cccc([C@@H]2CN(S(=O)(=O)N3CCOCC3)C[C@]23CCCC(=O)N3)n1. The molecule has 0 aliphatic carbocycles. The largest absolute Gasteiger partial charge is 0.379 e. The number of piperidine rings is 1. The Morgan fingerprint density at radius 1 is 1.26 bits per heavy atom. The molecule has 4 heterocycles. The molecule has 1 amide bonds. The highest BCUT2D eigenvalue weighted by Gasteiger charge is 2.53. The predicted octanol–water partition coefficient (Wildman–Crippen LogP) is 0.405. The average molecular weight is 394 g/mol. The molecular weight excluding hydrogens is 368 g/mol. The second-order valence-electron chi connectivity index (χ2n) is 7.63. The van der Waals surface area contributed by atoms with Crippen LogP contribution in [0.3, 0.4) is 0 Å². The third kappa shape index (κ3) is 3.49. The second-order valence-corrected chi connectivity index (χ2v) is 9.55. The Labute approximate surface area is 160 Å². The zero-order valence-corrected chi connectivity index (χ0v) is 16.4. The molecule has 3 aliphatic rings. The lowest BCUT2D eigenvalue weighted by molar-refractivity contribution is -0.125. The molecule has 3 aliphatic heterocycles. The van der Waals surface area contributed by atoms with E-state index in [9.17, 15) is 13.2 Å². The van der Waals surface area contributed by atoms with Gasteiger partial charge in [0.25, 0.3) is 10.2 Å². The van der Waals surface area contributed by atoms with Gasteiger partial charge in [-0.3, -0.25) is 9.78 Å². The standard InChI is InChI=1S/C18H26N4O4S/c1-14-4-2-5-16(19-14)15-12-22(13-18(15)7-3-6-17(23)20-18)27(24,25)21-8-10-26-11-9-21/h2,4-5,15H,3,6-13H2,1H3,(H,20,23)/t15-,18+/m0/s1. The van der Waals surface area contributed by atoms with E-state index in [0.717, 1.165) is 24.2 Å². The van der Waals surface area contributed by atoms with Gasteiger partial charge in [0.15, 0.2) is 0 Å². The molecule has 0 bridgehead atoms. The van der Waals surface area contributed by atoms with E-state index in [1.807, 2.05) is 25.1 Å². The summed E-state index contributed by atoms with van der Waals surface area (Å²) in [4.78, 5) is 16.9. The van der Waals surface area contributed by atoms with Gasteiger partial charge in [0.2, 0.25) is 5.91 Å². The first-order valence-corrected chi connectivity index (χ1v) is 10.9. The zero-order valence-electron chi connectivity index (χ0n) is 15.6. The van der Waals surface area contributed by atoms with E-state index in [2.05, 4.69) is 10.3 Å². The van der Waals surface area contributed by atoms with Crippen molar-refractivity contribution in [3.05, 3.63) is 29.6 Å². The highest BCUT2D eigenvalue weighted by Crippen LogP contribution is 2.42. The molecule has 1 aromatic heterocycles. The minimum atomic E-state index is -3.60. The molecule has 1 aromatic rings. The molecule has 3 saturated heterocycles. The molecule has 0 aromatic carbocycles. The maximum absolute atomic E-state index is 13.2. The molecule has 0 saturated carbocycles. The van der Waals surface area contributed by atoms with Crippen molar-refractivity contribution in [2.24, 2.45) is 0 Å². The monoisotopic (exact) mass is 394 g/mol. The number of carbonyl (C=O) groups excluding carboxylic acids is 1. The van der Waals surface area contributed by atoms with Crippen LogP contribution in [0.2, 0.25) is 0 Å². The Balaban J connectivity index is 1.68. The van der Waals surface area contributed by atoms with Gasteiger partial charge in [-0.15, -0.1) is 0 Å². The van der Waals surface area contributed by atoms with Crippen LogP contribution >= 0.6 is 0 Å². The van der Waals surface area contributed by atoms with Crippen LogP contribution < -0.4 is 5.32 Å². The number of morpholine rings is 1. The fourth-order valence-corrected chi connectivity index (χ4v) is 6.13. The number of nitrogens with one attached hydrogen (secondary N) is 1. The summed E-state index contributed by atoms with van der Waals surface area (Å²) in [5.74, 6) is -0.165. The highest BCUT2D eigenvalue weighted by molar-refractivity contribution is 7.86. The Bertz CT molecular complexity index is 824. The molecule has 9 heteroatoms.